The van der Waals surface area contributed by atoms with Crippen molar-refractivity contribution in [3.05, 3.63) is 12.2 Å². The van der Waals surface area contributed by atoms with E-state index in [2.05, 4.69) is 5.32 Å². The minimum atomic E-state index is -1.17. The maximum atomic E-state index is 12.5. The molecule has 0 aromatic rings. The molecule has 2 N–H and O–H groups in total. The number of hydrogen-bond donors (Lipinski definition) is 2. The Morgan fingerprint density at radius 3 is 2.14 bits per heavy atom. The lowest BCUT2D eigenvalue weighted by molar-refractivity contribution is -0.148. The summed E-state index contributed by atoms with van der Waals surface area (Å²) in [6, 6.07) is -2.06. The van der Waals surface area contributed by atoms with Gasteiger partial charge in [0, 0.05) is 0 Å². The highest BCUT2D eigenvalue weighted by Crippen LogP contribution is 2.52. The van der Waals surface area contributed by atoms with Crippen molar-refractivity contribution >= 4 is 23.7 Å². The van der Waals surface area contributed by atoms with E-state index in [9.17, 15) is 19.2 Å². The number of carbonyl (C=O) groups is 4. The van der Waals surface area contributed by atoms with Gasteiger partial charge in [0.05, 0.1) is 11.8 Å². The van der Waals surface area contributed by atoms with E-state index in [1.807, 2.05) is 12.2 Å². The van der Waals surface area contributed by atoms with Gasteiger partial charge in [-0.3, -0.25) is 24.1 Å². The van der Waals surface area contributed by atoms with Crippen LogP contribution < -0.4 is 5.32 Å². The predicted octanol–water partition coefficient (Wildman–Crippen LogP) is -0.229. The van der Waals surface area contributed by atoms with Gasteiger partial charge in [-0.2, -0.15) is 0 Å². The van der Waals surface area contributed by atoms with Gasteiger partial charge >= 0.3 is 5.97 Å². The fourth-order valence-electron chi connectivity index (χ4n) is 3.82. The summed E-state index contributed by atoms with van der Waals surface area (Å²) in [6.07, 6.45) is 4.80. The van der Waals surface area contributed by atoms with Crippen LogP contribution in [0.3, 0.4) is 0 Å². The molecule has 7 nitrogen and oxygen atoms in total. The molecule has 0 unspecified atom stereocenters. The first kappa shape index (κ1) is 14.7. The molecule has 3 amide bonds. The lowest BCUT2D eigenvalue weighted by Crippen LogP contribution is -2.52. The molecule has 0 radical (unpaired) electrons. The zero-order chi connectivity index (χ0) is 16.2. The van der Waals surface area contributed by atoms with Crippen molar-refractivity contribution in [2.75, 3.05) is 0 Å². The van der Waals surface area contributed by atoms with Gasteiger partial charge < -0.3 is 10.4 Å². The number of rotatable bonds is 4. The molecule has 118 valence electrons. The summed E-state index contributed by atoms with van der Waals surface area (Å²) >= 11 is 0. The summed E-state index contributed by atoms with van der Waals surface area (Å²) in [5, 5.41) is 11.1. The van der Waals surface area contributed by atoms with E-state index < -0.39 is 24.0 Å². The van der Waals surface area contributed by atoms with E-state index >= 15 is 0 Å². The molecular formula is C15H18N2O5. The highest BCUT2D eigenvalue weighted by Gasteiger charge is 2.60. The van der Waals surface area contributed by atoms with Crippen LogP contribution in [-0.2, 0) is 19.2 Å². The third-order valence-electron chi connectivity index (χ3n) is 5.00. The van der Waals surface area contributed by atoms with Crippen LogP contribution in [-0.4, -0.2) is 45.8 Å². The van der Waals surface area contributed by atoms with Crippen LogP contribution in [0.15, 0.2) is 12.2 Å². The zero-order valence-electron chi connectivity index (χ0n) is 12.4. The van der Waals surface area contributed by atoms with E-state index in [0.717, 1.165) is 11.3 Å². The second kappa shape index (κ2) is 4.93. The van der Waals surface area contributed by atoms with Crippen LogP contribution in [0.1, 0.15) is 20.3 Å². The molecule has 6 atom stereocenters. The molecule has 3 rings (SSSR count). The summed E-state index contributed by atoms with van der Waals surface area (Å²) < 4.78 is 0. The van der Waals surface area contributed by atoms with Gasteiger partial charge in [-0.05, 0) is 32.1 Å². The van der Waals surface area contributed by atoms with Gasteiger partial charge in [0.25, 0.3) is 0 Å². The highest BCUT2D eigenvalue weighted by molar-refractivity contribution is 6.09. The number of fused-ring (bicyclic) bond motifs is 5. The van der Waals surface area contributed by atoms with Gasteiger partial charge in [0.2, 0.25) is 17.7 Å². The van der Waals surface area contributed by atoms with Gasteiger partial charge in [0.15, 0.2) is 0 Å². The molecule has 1 saturated heterocycles. The van der Waals surface area contributed by atoms with Crippen molar-refractivity contribution in [3.63, 3.8) is 0 Å². The van der Waals surface area contributed by atoms with Crippen LogP contribution in [0.25, 0.3) is 0 Å². The number of aliphatic carboxylic acids is 1. The van der Waals surface area contributed by atoms with Crippen LogP contribution in [0.5, 0.6) is 0 Å². The van der Waals surface area contributed by atoms with E-state index in [1.54, 1.807) is 0 Å². The Labute approximate surface area is 127 Å². The molecule has 1 heterocycles. The number of nitrogens with zero attached hydrogens (tertiary/aromatic N) is 1. The first-order chi connectivity index (χ1) is 10.3. The standard InChI is InChI=1S/C15H18N2O5/c1-6(15(21)22)16-12(18)7(2)17-13(19)10-8-3-4-9(5-8)11(10)14(17)20/h3-4,6-11H,5H2,1-2H3,(H,16,18)(H,21,22)/t6-,7-,8-,9-,10-,11+/m0/s1. The number of imide groups is 1. The molecule has 2 aliphatic carbocycles. The molecule has 7 heteroatoms. The van der Waals surface area contributed by atoms with E-state index in [0.29, 0.717) is 0 Å². The third kappa shape index (κ3) is 1.95. The summed E-state index contributed by atoms with van der Waals surface area (Å²) in [7, 11) is 0. The maximum absolute atomic E-state index is 12.5. The Balaban J connectivity index is 1.76. The van der Waals surface area contributed by atoms with Gasteiger partial charge in [0.1, 0.15) is 12.1 Å². The second-order valence-corrected chi connectivity index (χ2v) is 6.29. The molecule has 1 aliphatic heterocycles. The Morgan fingerprint density at radius 2 is 1.68 bits per heavy atom. The lowest BCUT2D eigenvalue weighted by atomic mass is 9.85. The Kier molecular flexibility index (Phi) is 3.30. The predicted molar refractivity (Wildman–Crippen MR) is 74.3 cm³/mol. The molecule has 2 fully saturated rings. The number of likely N-dealkylation sites (tertiary alicyclic amines) is 1. The van der Waals surface area contributed by atoms with Gasteiger partial charge in [-0.15, -0.1) is 0 Å². The number of carbonyl (C=O) groups excluding carboxylic acids is 3. The number of nitrogens with one attached hydrogen (secondary N) is 1. The molecule has 3 aliphatic rings. The van der Waals surface area contributed by atoms with Crippen molar-refractivity contribution in [2.45, 2.75) is 32.4 Å². The first-order valence-electron chi connectivity index (χ1n) is 7.41. The molecular weight excluding hydrogens is 288 g/mol. The molecule has 0 spiro atoms. The topological polar surface area (TPSA) is 104 Å². The van der Waals surface area contributed by atoms with Crippen molar-refractivity contribution in [1.29, 1.82) is 0 Å². The fourth-order valence-corrected chi connectivity index (χ4v) is 3.82. The monoisotopic (exact) mass is 306 g/mol. The Bertz CT molecular complexity index is 569. The SMILES string of the molecule is C[C@H](NC(=O)[C@H](C)N1C(=O)[C@@H]2[C@H](C1=O)[C@H]1C=C[C@H]2C1)C(=O)O. The van der Waals surface area contributed by atoms with Crippen molar-refractivity contribution in [3.8, 4) is 0 Å². The number of carboxylic acid groups (broad SMARTS) is 1. The lowest BCUT2D eigenvalue weighted by Gasteiger charge is -2.24. The van der Waals surface area contributed by atoms with Crippen molar-refractivity contribution in [1.82, 2.24) is 10.2 Å². The first-order valence-corrected chi connectivity index (χ1v) is 7.41. The average molecular weight is 306 g/mol. The van der Waals surface area contributed by atoms with Crippen molar-refractivity contribution in [2.24, 2.45) is 23.7 Å². The zero-order valence-corrected chi connectivity index (χ0v) is 12.4. The quantitative estimate of drug-likeness (QED) is 0.551. The minimum absolute atomic E-state index is 0.0876. The summed E-state index contributed by atoms with van der Waals surface area (Å²) in [4.78, 5) is 49.0. The molecule has 2 bridgehead atoms. The molecule has 0 aromatic carbocycles. The number of hydrogen-bond acceptors (Lipinski definition) is 4. The van der Waals surface area contributed by atoms with E-state index in [4.69, 9.17) is 5.11 Å². The minimum Gasteiger partial charge on any atom is -0.480 e. The maximum Gasteiger partial charge on any atom is 0.325 e. The number of allylic oxidation sites excluding steroid dienone is 2. The van der Waals surface area contributed by atoms with E-state index in [1.165, 1.54) is 13.8 Å². The largest absolute Gasteiger partial charge is 0.480 e. The second-order valence-electron chi connectivity index (χ2n) is 6.29. The molecule has 22 heavy (non-hydrogen) atoms. The smallest absolute Gasteiger partial charge is 0.325 e. The van der Waals surface area contributed by atoms with Crippen LogP contribution in [0.4, 0.5) is 0 Å². The Hall–Kier alpha value is -2.18. The normalized spacial score (nSPS) is 34.7. The summed E-state index contributed by atoms with van der Waals surface area (Å²) in [6.45, 7) is 2.79. The van der Waals surface area contributed by atoms with Crippen molar-refractivity contribution < 1.29 is 24.3 Å². The van der Waals surface area contributed by atoms with Gasteiger partial charge in [-0.1, -0.05) is 12.2 Å². The van der Waals surface area contributed by atoms with E-state index in [-0.39, 0.29) is 35.5 Å². The molecule has 1 saturated carbocycles. The fraction of sp³-hybridized carbons (Fsp3) is 0.600. The third-order valence-corrected chi connectivity index (χ3v) is 5.00. The van der Waals surface area contributed by atoms with Crippen LogP contribution in [0, 0.1) is 23.7 Å². The summed E-state index contributed by atoms with van der Waals surface area (Å²) in [5.74, 6) is -2.94. The number of amides is 3. The average Bonchev–Trinajstić information content (AvgIpc) is 3.12. The van der Waals surface area contributed by atoms with Gasteiger partial charge in [-0.25, -0.2) is 0 Å². The van der Waals surface area contributed by atoms with Crippen LogP contribution in [0.2, 0.25) is 0 Å². The summed E-state index contributed by atoms with van der Waals surface area (Å²) in [5.41, 5.74) is 0. The highest BCUT2D eigenvalue weighted by atomic mass is 16.4. The van der Waals surface area contributed by atoms with Crippen LogP contribution >= 0.6 is 0 Å². The molecule has 0 aromatic heterocycles. The number of carboxylic acids is 1. The Morgan fingerprint density at radius 1 is 1.18 bits per heavy atom.